The van der Waals surface area contributed by atoms with E-state index in [-0.39, 0.29) is 17.4 Å². The molecule has 1 aliphatic heterocycles. The Balaban J connectivity index is 1.18. The number of rotatable bonds is 5. The van der Waals surface area contributed by atoms with Crippen molar-refractivity contribution in [1.82, 2.24) is 14.8 Å². The van der Waals surface area contributed by atoms with E-state index in [9.17, 15) is 14.4 Å². The number of hydrogen-bond donors (Lipinski definition) is 1. The fraction of sp³-hybridized carbons (Fsp3) is 0.179. The van der Waals surface area contributed by atoms with E-state index in [0.29, 0.717) is 49.6 Å². The minimum absolute atomic E-state index is 0.0877. The molecule has 1 aromatic heterocycles. The molecule has 1 fully saturated rings. The number of nitrogens with one attached hydrogen (secondary N) is 1. The summed E-state index contributed by atoms with van der Waals surface area (Å²) in [5, 5.41) is 0.806. The summed E-state index contributed by atoms with van der Waals surface area (Å²) in [6, 6.07) is 26.0. The Morgan fingerprint density at radius 2 is 1.40 bits per heavy atom. The number of nitrogens with zero attached hydrogens (tertiary/aromatic N) is 2. The van der Waals surface area contributed by atoms with E-state index in [1.165, 1.54) is 0 Å². The summed E-state index contributed by atoms with van der Waals surface area (Å²) in [7, 11) is 0. The van der Waals surface area contributed by atoms with Crippen LogP contribution in [0.25, 0.3) is 10.9 Å². The van der Waals surface area contributed by atoms with Crippen molar-refractivity contribution >= 4 is 22.7 Å². The third-order valence-corrected chi connectivity index (χ3v) is 6.19. The van der Waals surface area contributed by atoms with Gasteiger partial charge in [-0.05, 0) is 47.3 Å². The number of pyridine rings is 1. The summed E-state index contributed by atoms with van der Waals surface area (Å²) in [6.07, 6.45) is 0. The van der Waals surface area contributed by atoms with Gasteiger partial charge in [-0.25, -0.2) is 0 Å². The fourth-order valence-corrected chi connectivity index (χ4v) is 4.21. The number of H-pyrrole nitrogens is 1. The summed E-state index contributed by atoms with van der Waals surface area (Å²) in [6.45, 7) is 2.01. The third kappa shape index (κ3) is 4.94. The zero-order valence-electron chi connectivity index (χ0n) is 19.1. The van der Waals surface area contributed by atoms with Gasteiger partial charge in [0.05, 0.1) is 0 Å². The van der Waals surface area contributed by atoms with E-state index in [1.54, 1.807) is 46.2 Å². The smallest absolute Gasteiger partial charge is 0.261 e. The van der Waals surface area contributed by atoms with E-state index >= 15 is 0 Å². The molecule has 5 rings (SSSR count). The number of amides is 2. The largest absolute Gasteiger partial charge is 0.489 e. The van der Waals surface area contributed by atoms with Gasteiger partial charge in [0.1, 0.15) is 17.9 Å². The van der Waals surface area contributed by atoms with Crippen molar-refractivity contribution in [3.8, 4) is 5.75 Å². The maximum atomic E-state index is 13.0. The second-order valence-electron chi connectivity index (χ2n) is 8.48. The second-order valence-corrected chi connectivity index (χ2v) is 8.48. The van der Waals surface area contributed by atoms with Gasteiger partial charge in [0, 0.05) is 37.3 Å². The van der Waals surface area contributed by atoms with Crippen molar-refractivity contribution in [2.24, 2.45) is 0 Å². The van der Waals surface area contributed by atoms with Gasteiger partial charge in [0.15, 0.2) is 0 Å². The van der Waals surface area contributed by atoms with Crippen LogP contribution >= 0.6 is 0 Å². The van der Waals surface area contributed by atoms with Crippen LogP contribution in [0.5, 0.6) is 5.75 Å². The predicted octanol–water partition coefficient (Wildman–Crippen LogP) is 3.71. The van der Waals surface area contributed by atoms with Crippen LogP contribution in [-0.4, -0.2) is 52.8 Å². The maximum absolute atomic E-state index is 13.0. The van der Waals surface area contributed by atoms with Gasteiger partial charge in [0.2, 0.25) is 0 Å². The average molecular weight is 468 g/mol. The number of benzene rings is 3. The molecule has 2 amide bonds. The Labute approximate surface area is 202 Å². The molecule has 35 heavy (non-hydrogen) atoms. The molecule has 7 nitrogen and oxygen atoms in total. The fourth-order valence-electron chi connectivity index (χ4n) is 4.21. The van der Waals surface area contributed by atoms with Crippen LogP contribution in [0.3, 0.4) is 0 Å². The lowest BCUT2D eigenvalue weighted by Gasteiger charge is -2.34. The van der Waals surface area contributed by atoms with Crippen LogP contribution in [0.15, 0.2) is 89.7 Å². The number of fused-ring (bicyclic) bond motifs is 1. The summed E-state index contributed by atoms with van der Waals surface area (Å²) < 4.78 is 5.79. The van der Waals surface area contributed by atoms with Crippen LogP contribution in [0, 0.1) is 0 Å². The highest BCUT2D eigenvalue weighted by atomic mass is 16.5. The lowest BCUT2D eigenvalue weighted by atomic mass is 10.1. The van der Waals surface area contributed by atoms with Crippen LogP contribution < -0.4 is 10.3 Å². The molecule has 0 atom stereocenters. The maximum Gasteiger partial charge on any atom is 0.261 e. The molecule has 0 unspecified atom stereocenters. The molecule has 7 heteroatoms. The van der Waals surface area contributed by atoms with Gasteiger partial charge in [0.25, 0.3) is 17.4 Å². The standard InChI is InChI=1S/C28H25N3O4/c32-26-24(18-22-8-4-5-9-25(22)29-26)28(34)31-16-14-30(15-17-31)27(33)21-10-12-23(13-11-21)35-19-20-6-2-1-3-7-20/h1-13,18H,14-17,19H2,(H,29,32). The molecule has 0 radical (unpaired) electrons. The molecule has 0 bridgehead atoms. The normalized spacial score (nSPS) is 13.6. The monoisotopic (exact) mass is 467 g/mol. The Morgan fingerprint density at radius 3 is 2.11 bits per heavy atom. The Hall–Kier alpha value is -4.39. The van der Waals surface area contributed by atoms with Crippen molar-refractivity contribution in [3.05, 3.63) is 112 Å². The molecule has 3 aromatic carbocycles. The molecule has 2 heterocycles. The summed E-state index contributed by atoms with van der Waals surface area (Å²) >= 11 is 0. The topological polar surface area (TPSA) is 82.7 Å². The van der Waals surface area contributed by atoms with Gasteiger partial charge in [-0.15, -0.1) is 0 Å². The van der Waals surface area contributed by atoms with Crippen molar-refractivity contribution in [2.75, 3.05) is 26.2 Å². The first kappa shape index (κ1) is 22.4. The van der Waals surface area contributed by atoms with E-state index in [1.807, 2.05) is 48.5 Å². The zero-order valence-corrected chi connectivity index (χ0v) is 19.1. The number of carbonyl (C=O) groups is 2. The Bertz CT molecular complexity index is 1410. The first-order valence-corrected chi connectivity index (χ1v) is 11.6. The molecule has 1 N–H and O–H groups in total. The molecule has 0 spiro atoms. The Morgan fingerprint density at radius 1 is 0.771 bits per heavy atom. The quantitative estimate of drug-likeness (QED) is 0.485. The number of aromatic amines is 1. The molecule has 1 aliphatic rings. The number of hydrogen-bond acceptors (Lipinski definition) is 4. The highest BCUT2D eigenvalue weighted by Crippen LogP contribution is 2.17. The molecular formula is C28H25N3O4. The van der Waals surface area contributed by atoms with Gasteiger partial charge < -0.3 is 19.5 Å². The van der Waals surface area contributed by atoms with Crippen LogP contribution in [-0.2, 0) is 6.61 Å². The predicted molar refractivity (Wildman–Crippen MR) is 134 cm³/mol. The van der Waals surface area contributed by atoms with Crippen LogP contribution in [0.1, 0.15) is 26.3 Å². The van der Waals surface area contributed by atoms with Crippen LogP contribution in [0.4, 0.5) is 0 Å². The molecule has 4 aromatic rings. The molecular weight excluding hydrogens is 442 g/mol. The van der Waals surface area contributed by atoms with E-state index in [4.69, 9.17) is 4.74 Å². The van der Waals surface area contributed by atoms with Gasteiger partial charge >= 0.3 is 0 Å². The van der Waals surface area contributed by atoms with Crippen molar-refractivity contribution in [1.29, 1.82) is 0 Å². The number of para-hydroxylation sites is 1. The van der Waals surface area contributed by atoms with E-state index in [2.05, 4.69) is 4.98 Å². The minimum atomic E-state index is -0.401. The van der Waals surface area contributed by atoms with Crippen molar-refractivity contribution in [2.45, 2.75) is 6.61 Å². The first-order valence-electron chi connectivity index (χ1n) is 11.6. The highest BCUT2D eigenvalue weighted by Gasteiger charge is 2.27. The average Bonchev–Trinajstić information content (AvgIpc) is 2.92. The van der Waals surface area contributed by atoms with Gasteiger partial charge in [-0.1, -0.05) is 48.5 Å². The summed E-state index contributed by atoms with van der Waals surface area (Å²) in [5.74, 6) is 0.292. The molecule has 1 saturated heterocycles. The molecule has 176 valence electrons. The highest BCUT2D eigenvalue weighted by molar-refractivity contribution is 5.98. The number of piperazine rings is 1. The lowest BCUT2D eigenvalue weighted by molar-refractivity contribution is 0.0534. The number of ether oxygens (including phenoxy) is 1. The molecule has 0 saturated carbocycles. The third-order valence-electron chi connectivity index (χ3n) is 6.19. The van der Waals surface area contributed by atoms with Gasteiger partial charge in [-0.3, -0.25) is 14.4 Å². The summed E-state index contributed by atoms with van der Waals surface area (Å²) in [5.41, 5.74) is 2.06. The van der Waals surface area contributed by atoms with Gasteiger partial charge in [-0.2, -0.15) is 0 Å². The first-order chi connectivity index (χ1) is 17.1. The molecule has 0 aliphatic carbocycles. The van der Waals surface area contributed by atoms with Crippen molar-refractivity contribution < 1.29 is 14.3 Å². The minimum Gasteiger partial charge on any atom is -0.489 e. The number of carbonyl (C=O) groups excluding carboxylic acids is 2. The van der Waals surface area contributed by atoms with Crippen molar-refractivity contribution in [3.63, 3.8) is 0 Å². The van der Waals surface area contributed by atoms with E-state index < -0.39 is 5.56 Å². The lowest BCUT2D eigenvalue weighted by Crippen LogP contribution is -2.51. The second kappa shape index (κ2) is 9.85. The zero-order chi connectivity index (χ0) is 24.2. The van der Waals surface area contributed by atoms with E-state index in [0.717, 1.165) is 10.9 Å². The number of aromatic nitrogens is 1. The SMILES string of the molecule is O=C(c1ccc(OCc2ccccc2)cc1)N1CCN(C(=O)c2cc3ccccc3[nH]c2=O)CC1. The van der Waals surface area contributed by atoms with Crippen LogP contribution in [0.2, 0.25) is 0 Å². The summed E-state index contributed by atoms with van der Waals surface area (Å²) in [4.78, 5) is 44.5. The Kier molecular flexibility index (Phi) is 6.30.